The number of carbonyl (C=O) groups excluding carboxylic acids is 1. The highest BCUT2D eigenvalue weighted by Crippen LogP contribution is 2.20. The molecule has 0 unspecified atom stereocenters. The predicted molar refractivity (Wildman–Crippen MR) is 57.8 cm³/mol. The molecule has 0 aromatic heterocycles. The van der Waals surface area contributed by atoms with Crippen molar-refractivity contribution in [2.75, 3.05) is 0 Å². The highest BCUT2D eigenvalue weighted by atomic mass is 16.6. The summed E-state index contributed by atoms with van der Waals surface area (Å²) >= 11 is 0. The van der Waals surface area contributed by atoms with Gasteiger partial charge in [0.1, 0.15) is 0 Å². The smallest absolute Gasteiger partial charge is 0.340 e. The first-order valence-corrected chi connectivity index (χ1v) is 4.93. The fraction of sp³-hybridized carbons (Fsp3) is 0.333. The number of rotatable bonds is 2. The van der Waals surface area contributed by atoms with Gasteiger partial charge in [0.25, 0.3) is 0 Å². The second-order valence-electron chi connectivity index (χ2n) is 4.12. The number of aliphatic imine (C=N–C) groups is 1. The Morgan fingerprint density at radius 2 is 1.93 bits per heavy atom. The fourth-order valence-electron chi connectivity index (χ4n) is 1.46. The Hall–Kier alpha value is -1.64. The van der Waals surface area contributed by atoms with E-state index in [4.69, 9.17) is 4.74 Å². The number of hydrogen-bond acceptors (Lipinski definition) is 3. The minimum absolute atomic E-state index is 0.270. The third-order valence-corrected chi connectivity index (χ3v) is 2.31. The van der Waals surface area contributed by atoms with E-state index in [-0.39, 0.29) is 5.97 Å². The first-order chi connectivity index (χ1) is 7.08. The van der Waals surface area contributed by atoms with Crippen LogP contribution in [0.2, 0.25) is 0 Å². The van der Waals surface area contributed by atoms with Gasteiger partial charge in [0, 0.05) is 6.42 Å². The molecule has 78 valence electrons. The summed E-state index contributed by atoms with van der Waals surface area (Å²) in [6.45, 7) is 3.51. The minimum Gasteiger partial charge on any atom is -0.410 e. The lowest BCUT2D eigenvalue weighted by Crippen LogP contribution is -2.25. The standard InChI is InChI=1S/C12H13NO2/c1-12(2)11(14)15-10(13-12)8-9-6-4-3-5-7-9/h3-7H,8H2,1-2H3. The van der Waals surface area contributed by atoms with Gasteiger partial charge in [-0.25, -0.2) is 9.79 Å². The minimum atomic E-state index is -0.718. The highest BCUT2D eigenvalue weighted by Gasteiger charge is 2.36. The van der Waals surface area contributed by atoms with E-state index in [9.17, 15) is 4.79 Å². The molecule has 0 spiro atoms. The predicted octanol–water partition coefficient (Wildman–Crippen LogP) is 1.96. The average molecular weight is 203 g/mol. The zero-order chi connectivity index (χ0) is 10.9. The van der Waals surface area contributed by atoms with Gasteiger partial charge in [0.15, 0.2) is 11.4 Å². The summed E-state index contributed by atoms with van der Waals surface area (Å²) in [6, 6.07) is 9.84. The maximum atomic E-state index is 11.4. The van der Waals surface area contributed by atoms with Crippen LogP contribution in [0.4, 0.5) is 0 Å². The van der Waals surface area contributed by atoms with Crippen molar-refractivity contribution < 1.29 is 9.53 Å². The van der Waals surface area contributed by atoms with Gasteiger partial charge in [-0.1, -0.05) is 30.3 Å². The summed E-state index contributed by atoms with van der Waals surface area (Å²) in [5.74, 6) is 0.240. The van der Waals surface area contributed by atoms with Crippen molar-refractivity contribution >= 4 is 11.9 Å². The number of nitrogens with zero attached hydrogens (tertiary/aromatic N) is 1. The molecule has 0 saturated carbocycles. The number of hydrogen-bond donors (Lipinski definition) is 0. The normalized spacial score (nSPS) is 18.5. The zero-order valence-corrected chi connectivity index (χ0v) is 8.86. The van der Waals surface area contributed by atoms with Crippen LogP contribution in [-0.4, -0.2) is 17.4 Å². The molecule has 0 fully saturated rings. The van der Waals surface area contributed by atoms with Crippen LogP contribution in [-0.2, 0) is 16.0 Å². The van der Waals surface area contributed by atoms with Crippen LogP contribution < -0.4 is 0 Å². The molecule has 0 radical (unpaired) electrons. The van der Waals surface area contributed by atoms with E-state index in [1.54, 1.807) is 13.8 Å². The first-order valence-electron chi connectivity index (χ1n) is 4.93. The largest absolute Gasteiger partial charge is 0.410 e. The van der Waals surface area contributed by atoms with Crippen LogP contribution >= 0.6 is 0 Å². The molecule has 0 saturated heterocycles. The Balaban J connectivity index is 2.13. The van der Waals surface area contributed by atoms with Gasteiger partial charge in [-0.2, -0.15) is 0 Å². The number of ether oxygens (including phenoxy) is 1. The van der Waals surface area contributed by atoms with Crippen molar-refractivity contribution in [3.05, 3.63) is 35.9 Å². The van der Waals surface area contributed by atoms with Crippen LogP contribution in [0.25, 0.3) is 0 Å². The summed E-state index contributed by atoms with van der Waals surface area (Å²) in [7, 11) is 0. The van der Waals surface area contributed by atoms with Crippen molar-refractivity contribution in [3.63, 3.8) is 0 Å². The Labute approximate surface area is 88.8 Å². The summed E-state index contributed by atoms with van der Waals surface area (Å²) in [5.41, 5.74) is 0.381. The molecule has 1 aliphatic heterocycles. The van der Waals surface area contributed by atoms with E-state index in [1.807, 2.05) is 30.3 Å². The van der Waals surface area contributed by atoms with Gasteiger partial charge in [-0.05, 0) is 19.4 Å². The molecule has 0 N–H and O–H groups in total. The van der Waals surface area contributed by atoms with Crippen molar-refractivity contribution in [2.45, 2.75) is 25.8 Å². The highest BCUT2D eigenvalue weighted by molar-refractivity contribution is 6.00. The Kier molecular flexibility index (Phi) is 2.31. The molecule has 1 aromatic carbocycles. The Bertz CT molecular complexity index is 407. The van der Waals surface area contributed by atoms with E-state index in [2.05, 4.69) is 4.99 Å². The molecule has 15 heavy (non-hydrogen) atoms. The third-order valence-electron chi connectivity index (χ3n) is 2.31. The third kappa shape index (κ3) is 2.06. The van der Waals surface area contributed by atoms with Gasteiger partial charge in [0.05, 0.1) is 0 Å². The van der Waals surface area contributed by atoms with Crippen LogP contribution in [0, 0.1) is 0 Å². The zero-order valence-electron chi connectivity index (χ0n) is 8.86. The molecule has 3 heteroatoms. The first kappa shape index (κ1) is 9.90. The number of esters is 1. The Morgan fingerprint density at radius 1 is 1.27 bits per heavy atom. The maximum Gasteiger partial charge on any atom is 0.340 e. The topological polar surface area (TPSA) is 38.7 Å². The lowest BCUT2D eigenvalue weighted by atomic mass is 10.1. The molecule has 1 aliphatic rings. The average Bonchev–Trinajstić information content (AvgIpc) is 2.42. The van der Waals surface area contributed by atoms with Gasteiger partial charge in [-0.3, -0.25) is 0 Å². The SMILES string of the molecule is CC1(C)N=C(Cc2ccccc2)OC1=O. The molecule has 0 atom stereocenters. The lowest BCUT2D eigenvalue weighted by molar-refractivity contribution is -0.137. The molecule has 1 heterocycles. The number of cyclic esters (lactones) is 1. The molecular weight excluding hydrogens is 190 g/mol. The van der Waals surface area contributed by atoms with Crippen molar-refractivity contribution in [3.8, 4) is 0 Å². The molecule has 2 rings (SSSR count). The number of benzene rings is 1. The molecule has 0 bridgehead atoms. The van der Waals surface area contributed by atoms with E-state index >= 15 is 0 Å². The van der Waals surface area contributed by atoms with Gasteiger partial charge in [0.2, 0.25) is 0 Å². The second kappa shape index (κ2) is 3.50. The van der Waals surface area contributed by atoms with Crippen molar-refractivity contribution in [2.24, 2.45) is 4.99 Å². The lowest BCUT2D eigenvalue weighted by Gasteiger charge is -2.05. The molecule has 0 aliphatic carbocycles. The second-order valence-corrected chi connectivity index (χ2v) is 4.12. The van der Waals surface area contributed by atoms with Crippen LogP contribution in [0.3, 0.4) is 0 Å². The quantitative estimate of drug-likeness (QED) is 0.689. The summed E-state index contributed by atoms with van der Waals surface area (Å²) in [5, 5.41) is 0. The van der Waals surface area contributed by atoms with E-state index in [0.717, 1.165) is 5.56 Å². The van der Waals surface area contributed by atoms with E-state index in [0.29, 0.717) is 12.3 Å². The Morgan fingerprint density at radius 3 is 2.47 bits per heavy atom. The van der Waals surface area contributed by atoms with Gasteiger partial charge >= 0.3 is 5.97 Å². The molecular formula is C12H13NO2. The van der Waals surface area contributed by atoms with Crippen LogP contribution in [0.15, 0.2) is 35.3 Å². The van der Waals surface area contributed by atoms with Gasteiger partial charge < -0.3 is 4.74 Å². The van der Waals surface area contributed by atoms with Crippen LogP contribution in [0.1, 0.15) is 19.4 Å². The van der Waals surface area contributed by atoms with Gasteiger partial charge in [-0.15, -0.1) is 0 Å². The fourth-order valence-corrected chi connectivity index (χ4v) is 1.46. The number of carbonyl (C=O) groups is 1. The van der Waals surface area contributed by atoms with E-state index in [1.165, 1.54) is 0 Å². The summed E-state index contributed by atoms with van der Waals surface area (Å²) in [6.07, 6.45) is 0.579. The molecule has 0 amide bonds. The van der Waals surface area contributed by atoms with Crippen molar-refractivity contribution in [1.82, 2.24) is 0 Å². The summed E-state index contributed by atoms with van der Waals surface area (Å²) < 4.78 is 5.09. The summed E-state index contributed by atoms with van der Waals surface area (Å²) in [4.78, 5) is 15.6. The van der Waals surface area contributed by atoms with E-state index < -0.39 is 5.54 Å². The maximum absolute atomic E-state index is 11.4. The molecule has 3 nitrogen and oxygen atoms in total. The van der Waals surface area contributed by atoms with Crippen LogP contribution in [0.5, 0.6) is 0 Å². The monoisotopic (exact) mass is 203 g/mol. The molecule has 1 aromatic rings. The van der Waals surface area contributed by atoms with Crippen molar-refractivity contribution in [1.29, 1.82) is 0 Å².